The Morgan fingerprint density at radius 3 is 2.62 bits per heavy atom. The summed E-state index contributed by atoms with van der Waals surface area (Å²) in [7, 11) is 0. The highest BCUT2D eigenvalue weighted by Crippen LogP contribution is 2.29. The smallest absolute Gasteiger partial charge is 0.258 e. The van der Waals surface area contributed by atoms with Crippen LogP contribution in [-0.4, -0.2) is 51.7 Å². The number of hydrogen-bond donors (Lipinski definition) is 0. The average Bonchev–Trinajstić information content (AvgIpc) is 3.31. The van der Waals surface area contributed by atoms with Crippen LogP contribution in [0.1, 0.15) is 58.2 Å². The number of hydrogen-bond acceptors (Lipinski definition) is 6. The number of likely N-dealkylation sites (tertiary alicyclic amines) is 1. The van der Waals surface area contributed by atoms with Gasteiger partial charge in [-0.25, -0.2) is 4.98 Å². The van der Waals surface area contributed by atoms with E-state index in [0.29, 0.717) is 5.89 Å². The summed E-state index contributed by atoms with van der Waals surface area (Å²) in [6.45, 7) is 9.90. The van der Waals surface area contributed by atoms with E-state index in [4.69, 9.17) is 4.52 Å². The molecule has 2 aliphatic rings. The largest absolute Gasteiger partial charge is 0.356 e. The van der Waals surface area contributed by atoms with Gasteiger partial charge in [-0.05, 0) is 51.3 Å². The normalized spacial score (nSPS) is 22.5. The topological polar surface area (TPSA) is 58.3 Å². The highest BCUT2D eigenvalue weighted by atomic mass is 16.5. The Bertz CT molecular complexity index is 735. The third-order valence-corrected chi connectivity index (χ3v) is 5.81. The molecule has 0 amide bonds. The van der Waals surface area contributed by atoms with Crippen molar-refractivity contribution in [1.82, 2.24) is 20.0 Å². The van der Waals surface area contributed by atoms with Gasteiger partial charge in [-0.15, -0.1) is 0 Å². The molecule has 0 spiro atoms. The molecule has 0 bridgehead atoms. The SMILES string of the molecule is CC(C)c1noc(-c2ccnc(N3CCC(N4CCCC4C)CC3)c2)n1. The Kier molecular flexibility index (Phi) is 4.94. The van der Waals surface area contributed by atoms with Gasteiger partial charge in [0.1, 0.15) is 5.82 Å². The maximum absolute atomic E-state index is 5.44. The molecule has 4 heterocycles. The molecule has 2 aromatic heterocycles. The second kappa shape index (κ2) is 7.35. The quantitative estimate of drug-likeness (QED) is 0.833. The van der Waals surface area contributed by atoms with Crippen LogP contribution in [0.4, 0.5) is 5.82 Å². The summed E-state index contributed by atoms with van der Waals surface area (Å²) >= 11 is 0. The molecule has 0 aliphatic carbocycles. The summed E-state index contributed by atoms with van der Waals surface area (Å²) in [6.07, 6.45) is 6.99. The van der Waals surface area contributed by atoms with Crippen molar-refractivity contribution in [3.63, 3.8) is 0 Å². The van der Waals surface area contributed by atoms with Gasteiger partial charge in [0.2, 0.25) is 0 Å². The lowest BCUT2D eigenvalue weighted by Gasteiger charge is -2.39. The Balaban J connectivity index is 1.44. The molecular formula is C20H29N5O. The van der Waals surface area contributed by atoms with Crippen molar-refractivity contribution in [3.8, 4) is 11.5 Å². The fourth-order valence-corrected chi connectivity index (χ4v) is 4.24. The molecule has 0 radical (unpaired) electrons. The number of pyridine rings is 1. The van der Waals surface area contributed by atoms with E-state index in [1.165, 1.54) is 32.2 Å². The van der Waals surface area contributed by atoms with E-state index in [1.807, 2.05) is 12.3 Å². The van der Waals surface area contributed by atoms with Crippen molar-refractivity contribution in [2.75, 3.05) is 24.5 Å². The number of nitrogens with zero attached hydrogens (tertiary/aromatic N) is 5. The Morgan fingerprint density at radius 2 is 1.96 bits per heavy atom. The summed E-state index contributed by atoms with van der Waals surface area (Å²) in [5, 5.41) is 4.07. The molecule has 0 aromatic carbocycles. The van der Waals surface area contributed by atoms with Crippen LogP contribution in [-0.2, 0) is 0 Å². The third-order valence-electron chi connectivity index (χ3n) is 5.81. The van der Waals surface area contributed by atoms with Gasteiger partial charge in [-0.2, -0.15) is 4.98 Å². The Morgan fingerprint density at radius 1 is 1.15 bits per heavy atom. The van der Waals surface area contributed by atoms with Crippen molar-refractivity contribution in [2.45, 2.75) is 64.5 Å². The molecule has 0 saturated carbocycles. The van der Waals surface area contributed by atoms with Crippen LogP contribution in [0.15, 0.2) is 22.9 Å². The highest BCUT2D eigenvalue weighted by molar-refractivity contribution is 5.58. The molecule has 6 nitrogen and oxygen atoms in total. The minimum atomic E-state index is 0.265. The minimum Gasteiger partial charge on any atom is -0.356 e. The van der Waals surface area contributed by atoms with Gasteiger partial charge < -0.3 is 9.42 Å². The van der Waals surface area contributed by atoms with Crippen LogP contribution >= 0.6 is 0 Å². The summed E-state index contributed by atoms with van der Waals surface area (Å²) in [6, 6.07) is 5.51. The number of anilines is 1. The van der Waals surface area contributed by atoms with E-state index < -0.39 is 0 Å². The van der Waals surface area contributed by atoms with Crippen LogP contribution in [0, 0.1) is 0 Å². The first kappa shape index (κ1) is 17.5. The van der Waals surface area contributed by atoms with Crippen LogP contribution in [0.5, 0.6) is 0 Å². The lowest BCUT2D eigenvalue weighted by atomic mass is 10.0. The zero-order valence-electron chi connectivity index (χ0n) is 16.1. The number of rotatable bonds is 4. The van der Waals surface area contributed by atoms with Crippen molar-refractivity contribution < 1.29 is 4.52 Å². The van der Waals surface area contributed by atoms with Gasteiger partial charge in [-0.3, -0.25) is 4.90 Å². The van der Waals surface area contributed by atoms with Crippen LogP contribution in [0.3, 0.4) is 0 Å². The standard InChI is InChI=1S/C20H29N5O/c1-14(2)19-22-20(26-23-19)16-6-9-21-18(13-16)24-11-7-17(8-12-24)25-10-4-5-15(25)3/h6,9,13-15,17H,4-5,7-8,10-12H2,1-3H3. The fourth-order valence-electron chi connectivity index (χ4n) is 4.24. The third kappa shape index (κ3) is 3.47. The molecule has 140 valence electrons. The summed E-state index contributed by atoms with van der Waals surface area (Å²) in [5.74, 6) is 2.61. The van der Waals surface area contributed by atoms with Gasteiger partial charge in [0.25, 0.3) is 5.89 Å². The monoisotopic (exact) mass is 355 g/mol. The van der Waals surface area contributed by atoms with Crippen molar-refractivity contribution in [1.29, 1.82) is 0 Å². The second-order valence-electron chi connectivity index (χ2n) is 7.96. The zero-order chi connectivity index (χ0) is 18.1. The summed E-state index contributed by atoms with van der Waals surface area (Å²) in [5.41, 5.74) is 0.949. The molecule has 26 heavy (non-hydrogen) atoms. The molecule has 2 saturated heterocycles. The highest BCUT2D eigenvalue weighted by Gasteiger charge is 2.30. The van der Waals surface area contributed by atoms with E-state index in [0.717, 1.165) is 42.4 Å². The van der Waals surface area contributed by atoms with Crippen LogP contribution in [0.25, 0.3) is 11.5 Å². The second-order valence-corrected chi connectivity index (χ2v) is 7.96. The number of piperidine rings is 1. The predicted octanol–water partition coefficient (Wildman–Crippen LogP) is 3.71. The Hall–Kier alpha value is -1.95. The van der Waals surface area contributed by atoms with Gasteiger partial charge in [0, 0.05) is 42.9 Å². The van der Waals surface area contributed by atoms with Gasteiger partial charge in [0.15, 0.2) is 5.82 Å². The molecule has 2 aliphatic heterocycles. The molecule has 2 fully saturated rings. The lowest BCUT2D eigenvalue weighted by molar-refractivity contribution is 0.163. The van der Waals surface area contributed by atoms with E-state index in [2.05, 4.69) is 51.8 Å². The molecule has 6 heteroatoms. The average molecular weight is 355 g/mol. The molecular weight excluding hydrogens is 326 g/mol. The predicted molar refractivity (Wildman–Crippen MR) is 102 cm³/mol. The van der Waals surface area contributed by atoms with Gasteiger partial charge >= 0.3 is 0 Å². The zero-order valence-corrected chi connectivity index (χ0v) is 16.1. The number of aromatic nitrogens is 3. The van der Waals surface area contributed by atoms with Crippen molar-refractivity contribution in [3.05, 3.63) is 24.2 Å². The maximum atomic E-state index is 5.44. The first-order valence-electron chi connectivity index (χ1n) is 9.92. The maximum Gasteiger partial charge on any atom is 0.258 e. The van der Waals surface area contributed by atoms with Crippen LogP contribution in [0.2, 0.25) is 0 Å². The first-order valence-corrected chi connectivity index (χ1v) is 9.92. The fraction of sp³-hybridized carbons (Fsp3) is 0.650. The van der Waals surface area contributed by atoms with Gasteiger partial charge in [0.05, 0.1) is 0 Å². The first-order chi connectivity index (χ1) is 12.6. The molecule has 2 aromatic rings. The summed E-state index contributed by atoms with van der Waals surface area (Å²) < 4.78 is 5.44. The van der Waals surface area contributed by atoms with Crippen molar-refractivity contribution >= 4 is 5.82 Å². The van der Waals surface area contributed by atoms with Crippen LogP contribution < -0.4 is 4.90 Å². The van der Waals surface area contributed by atoms with E-state index in [1.54, 1.807) is 0 Å². The molecule has 1 unspecified atom stereocenters. The molecule has 0 N–H and O–H groups in total. The molecule has 4 rings (SSSR count). The van der Waals surface area contributed by atoms with E-state index in [-0.39, 0.29) is 5.92 Å². The van der Waals surface area contributed by atoms with E-state index >= 15 is 0 Å². The Labute approximate surface area is 155 Å². The molecule has 1 atom stereocenters. The van der Waals surface area contributed by atoms with E-state index in [9.17, 15) is 0 Å². The lowest BCUT2D eigenvalue weighted by Crippen LogP contribution is -2.46. The van der Waals surface area contributed by atoms with Crippen molar-refractivity contribution in [2.24, 2.45) is 0 Å². The summed E-state index contributed by atoms with van der Waals surface area (Å²) in [4.78, 5) is 14.2. The minimum absolute atomic E-state index is 0.265. The van der Waals surface area contributed by atoms with Gasteiger partial charge in [-0.1, -0.05) is 19.0 Å².